The van der Waals surface area contributed by atoms with Crippen molar-refractivity contribution in [2.75, 3.05) is 26.6 Å². The molecule has 0 heterocycles. The number of halogens is 2. The zero-order chi connectivity index (χ0) is 22.5. The molecule has 0 aliphatic heterocycles. The molecule has 11 heteroatoms. The summed E-state index contributed by atoms with van der Waals surface area (Å²) in [5.41, 5.74) is 0.615. The summed E-state index contributed by atoms with van der Waals surface area (Å²) < 4.78 is 66.7. The van der Waals surface area contributed by atoms with E-state index in [1.165, 1.54) is 58.5 Å². The fourth-order valence-electron chi connectivity index (χ4n) is 2.66. The third-order valence-electron chi connectivity index (χ3n) is 4.04. The summed E-state index contributed by atoms with van der Waals surface area (Å²) in [6, 6.07) is 8.29. The lowest BCUT2D eigenvalue weighted by Gasteiger charge is -2.19. The normalized spacial score (nSPS) is 11.5. The number of alkyl halides is 2. The Balaban J connectivity index is 2.32. The lowest BCUT2D eigenvalue weighted by molar-refractivity contribution is -0.114. The van der Waals surface area contributed by atoms with E-state index in [4.69, 9.17) is 9.47 Å². The lowest BCUT2D eigenvalue weighted by Crippen LogP contribution is -2.26. The van der Waals surface area contributed by atoms with Crippen LogP contribution in [0.4, 0.5) is 14.5 Å². The van der Waals surface area contributed by atoms with Crippen LogP contribution in [0.1, 0.15) is 12.5 Å². The van der Waals surface area contributed by atoms with Gasteiger partial charge in [0.15, 0.2) is 11.5 Å². The Morgan fingerprint density at radius 3 is 2.27 bits per heavy atom. The van der Waals surface area contributed by atoms with Crippen LogP contribution in [0.25, 0.3) is 0 Å². The molecule has 2 aromatic rings. The van der Waals surface area contributed by atoms with E-state index in [1.54, 1.807) is 6.07 Å². The molecule has 30 heavy (non-hydrogen) atoms. The molecule has 1 amide bonds. The Morgan fingerprint density at radius 1 is 1.07 bits per heavy atom. The second kappa shape index (κ2) is 9.72. The minimum Gasteiger partial charge on any atom is -0.495 e. The Kier molecular flexibility index (Phi) is 7.57. The number of anilines is 1. The first-order valence-electron chi connectivity index (χ1n) is 8.62. The maximum atomic E-state index is 13.0. The number of hydrogen-bond donors (Lipinski definition) is 1. The average Bonchev–Trinajstić information content (AvgIpc) is 2.67. The highest BCUT2D eigenvalue weighted by atomic mass is 32.2. The third kappa shape index (κ3) is 5.57. The van der Waals surface area contributed by atoms with E-state index < -0.39 is 16.6 Å². The summed E-state index contributed by atoms with van der Waals surface area (Å²) in [5.74, 6) is -0.190. The van der Waals surface area contributed by atoms with E-state index in [0.717, 1.165) is 4.31 Å². The molecule has 1 N–H and O–H groups in total. The standard InChI is InChI=1S/C19H22F2N2O6S/c1-12(24)22-15-10-14(6-8-16(15)27-3)30(25,26)23(2)11-13-5-7-17(28-4)18(9-13)29-19(20)21/h5-10,19H,11H2,1-4H3,(H,22,24). The number of ether oxygens (including phenoxy) is 3. The van der Waals surface area contributed by atoms with Crippen LogP contribution in [0.15, 0.2) is 41.3 Å². The maximum absolute atomic E-state index is 13.0. The van der Waals surface area contributed by atoms with Crippen molar-refractivity contribution in [2.45, 2.75) is 25.0 Å². The predicted molar refractivity (Wildman–Crippen MR) is 106 cm³/mol. The Morgan fingerprint density at radius 2 is 1.70 bits per heavy atom. The number of carbonyl (C=O) groups excluding carboxylic acids is 1. The van der Waals surface area contributed by atoms with Gasteiger partial charge in [0, 0.05) is 20.5 Å². The molecule has 0 atom stereocenters. The van der Waals surface area contributed by atoms with Crippen LogP contribution in [-0.2, 0) is 21.4 Å². The predicted octanol–water partition coefficient (Wildman–Crippen LogP) is 3.08. The third-order valence-corrected chi connectivity index (χ3v) is 5.84. The molecule has 0 radical (unpaired) electrons. The van der Waals surface area contributed by atoms with Crippen molar-refractivity contribution in [3.05, 3.63) is 42.0 Å². The minimum absolute atomic E-state index is 0.0767. The number of hydrogen-bond acceptors (Lipinski definition) is 6. The molecule has 0 fully saturated rings. The topological polar surface area (TPSA) is 94.2 Å². The second-order valence-electron chi connectivity index (χ2n) is 6.17. The summed E-state index contributed by atoms with van der Waals surface area (Å²) >= 11 is 0. The van der Waals surface area contributed by atoms with Crippen molar-refractivity contribution in [2.24, 2.45) is 0 Å². The quantitative estimate of drug-likeness (QED) is 0.639. The van der Waals surface area contributed by atoms with E-state index in [0.29, 0.717) is 11.3 Å². The Hall–Kier alpha value is -2.92. The van der Waals surface area contributed by atoms with Crippen molar-refractivity contribution in [3.63, 3.8) is 0 Å². The zero-order valence-electron chi connectivity index (χ0n) is 16.8. The minimum atomic E-state index is -3.97. The van der Waals surface area contributed by atoms with Crippen LogP contribution in [0.3, 0.4) is 0 Å². The molecule has 164 valence electrons. The largest absolute Gasteiger partial charge is 0.495 e. The van der Waals surface area contributed by atoms with Gasteiger partial charge in [0.2, 0.25) is 15.9 Å². The summed E-state index contributed by atoms with van der Waals surface area (Å²) in [7, 11) is 0.0754. The van der Waals surface area contributed by atoms with Gasteiger partial charge in [-0.15, -0.1) is 0 Å². The van der Waals surface area contributed by atoms with Gasteiger partial charge in [-0.05, 0) is 35.9 Å². The highest BCUT2D eigenvalue weighted by Crippen LogP contribution is 2.32. The van der Waals surface area contributed by atoms with E-state index in [2.05, 4.69) is 10.1 Å². The van der Waals surface area contributed by atoms with Gasteiger partial charge in [0.25, 0.3) is 0 Å². The van der Waals surface area contributed by atoms with Gasteiger partial charge >= 0.3 is 6.61 Å². The van der Waals surface area contributed by atoms with Crippen molar-refractivity contribution in [1.29, 1.82) is 0 Å². The van der Waals surface area contributed by atoms with Gasteiger partial charge in [-0.25, -0.2) is 8.42 Å². The molecule has 2 rings (SSSR count). The molecule has 0 spiro atoms. The lowest BCUT2D eigenvalue weighted by atomic mass is 10.2. The smallest absolute Gasteiger partial charge is 0.387 e. The molecule has 2 aromatic carbocycles. The number of nitrogens with zero attached hydrogens (tertiary/aromatic N) is 1. The fraction of sp³-hybridized carbons (Fsp3) is 0.316. The van der Waals surface area contributed by atoms with Gasteiger partial charge in [0.1, 0.15) is 5.75 Å². The number of benzene rings is 2. The first-order chi connectivity index (χ1) is 14.1. The molecule has 8 nitrogen and oxygen atoms in total. The molecule has 0 aromatic heterocycles. The maximum Gasteiger partial charge on any atom is 0.387 e. The van der Waals surface area contributed by atoms with E-state index in [1.807, 2.05) is 0 Å². The molecular formula is C19H22F2N2O6S. The summed E-state index contributed by atoms with van der Waals surface area (Å²) in [6.45, 7) is -1.88. The van der Waals surface area contributed by atoms with Crippen LogP contribution in [-0.4, -0.2) is 46.5 Å². The van der Waals surface area contributed by atoms with Crippen LogP contribution in [0.2, 0.25) is 0 Å². The molecule has 0 saturated carbocycles. The van der Waals surface area contributed by atoms with Gasteiger partial charge in [-0.1, -0.05) is 6.07 Å². The van der Waals surface area contributed by atoms with Gasteiger partial charge < -0.3 is 19.5 Å². The van der Waals surface area contributed by atoms with Crippen molar-refractivity contribution in [1.82, 2.24) is 4.31 Å². The van der Waals surface area contributed by atoms with Gasteiger partial charge in [-0.2, -0.15) is 13.1 Å². The van der Waals surface area contributed by atoms with Crippen LogP contribution in [0.5, 0.6) is 17.2 Å². The molecule has 0 aliphatic carbocycles. The Labute approximate surface area is 173 Å². The number of rotatable bonds is 9. The summed E-state index contributed by atoms with van der Waals surface area (Å²) in [4.78, 5) is 11.3. The van der Waals surface area contributed by atoms with E-state index >= 15 is 0 Å². The van der Waals surface area contributed by atoms with Crippen LogP contribution in [0, 0.1) is 0 Å². The first kappa shape index (κ1) is 23.4. The molecular weight excluding hydrogens is 422 g/mol. The van der Waals surface area contributed by atoms with E-state index in [-0.39, 0.29) is 34.5 Å². The van der Waals surface area contributed by atoms with Gasteiger partial charge in [-0.3, -0.25) is 4.79 Å². The summed E-state index contributed by atoms with van der Waals surface area (Å²) in [5, 5.41) is 2.52. The number of sulfonamides is 1. The zero-order valence-corrected chi connectivity index (χ0v) is 17.6. The molecule has 0 bridgehead atoms. The SMILES string of the molecule is COc1ccc(S(=O)(=O)N(C)Cc2ccc(OC)c(OC(F)F)c2)cc1NC(C)=O. The number of carbonyl (C=O) groups is 1. The molecule has 0 aliphatic rings. The van der Waals surface area contributed by atoms with E-state index in [9.17, 15) is 22.0 Å². The second-order valence-corrected chi connectivity index (χ2v) is 8.21. The van der Waals surface area contributed by atoms with Gasteiger partial charge in [0.05, 0.1) is 24.8 Å². The average molecular weight is 444 g/mol. The number of methoxy groups -OCH3 is 2. The van der Waals surface area contributed by atoms with Crippen LogP contribution < -0.4 is 19.5 Å². The Bertz CT molecular complexity index is 1010. The number of nitrogens with one attached hydrogen (secondary N) is 1. The monoisotopic (exact) mass is 444 g/mol. The highest BCUT2D eigenvalue weighted by Gasteiger charge is 2.23. The van der Waals surface area contributed by atoms with Crippen molar-refractivity contribution in [3.8, 4) is 17.2 Å². The fourth-order valence-corrected chi connectivity index (χ4v) is 3.85. The summed E-state index contributed by atoms with van der Waals surface area (Å²) in [6.07, 6.45) is 0. The molecule has 0 saturated heterocycles. The van der Waals surface area contributed by atoms with Crippen molar-refractivity contribution < 1.29 is 36.2 Å². The first-order valence-corrected chi connectivity index (χ1v) is 10.1. The molecule has 0 unspecified atom stereocenters. The van der Waals surface area contributed by atoms with Crippen molar-refractivity contribution >= 4 is 21.6 Å². The van der Waals surface area contributed by atoms with Crippen LogP contribution >= 0.6 is 0 Å². The number of amides is 1. The highest BCUT2D eigenvalue weighted by molar-refractivity contribution is 7.89.